The van der Waals surface area contributed by atoms with E-state index in [0.717, 1.165) is 11.1 Å². The van der Waals surface area contributed by atoms with Crippen LogP contribution in [-0.4, -0.2) is 30.1 Å². The number of hydrogen-bond acceptors (Lipinski definition) is 6. The van der Waals surface area contributed by atoms with Gasteiger partial charge in [0.15, 0.2) is 6.61 Å². The van der Waals surface area contributed by atoms with Gasteiger partial charge < -0.3 is 4.74 Å². The highest BCUT2D eigenvalue weighted by Gasteiger charge is 2.17. The Bertz CT molecular complexity index is 924. The van der Waals surface area contributed by atoms with Crippen LogP contribution in [0.25, 0.3) is 0 Å². The van der Waals surface area contributed by atoms with Gasteiger partial charge in [0, 0.05) is 0 Å². The summed E-state index contributed by atoms with van der Waals surface area (Å²) in [5.41, 5.74) is 6.66. The lowest BCUT2D eigenvalue weighted by Crippen LogP contribution is -2.43. The summed E-state index contributed by atoms with van der Waals surface area (Å²) < 4.78 is 5.03. The zero-order valence-electron chi connectivity index (χ0n) is 15.9. The largest absolute Gasteiger partial charge is 0.455 e. The molecule has 0 aliphatic heterocycles. The summed E-state index contributed by atoms with van der Waals surface area (Å²) in [5, 5.41) is 1.73. The smallest absolute Gasteiger partial charge is 0.316 e. The van der Waals surface area contributed by atoms with Crippen molar-refractivity contribution in [2.24, 2.45) is 0 Å². The van der Waals surface area contributed by atoms with Crippen LogP contribution in [0.1, 0.15) is 26.0 Å². The lowest BCUT2D eigenvalue weighted by Gasteiger charge is -2.17. The molecule has 0 fully saturated rings. The number of benzene rings is 2. The van der Waals surface area contributed by atoms with Crippen LogP contribution in [-0.2, 0) is 14.3 Å². The van der Waals surface area contributed by atoms with E-state index in [1.165, 1.54) is 23.1 Å². The molecule has 2 N–H and O–H groups in total. The second kappa shape index (κ2) is 11.2. The molecule has 0 saturated carbocycles. The SMILES string of the molecule is O=C(COC(=O)CSC(c1ccccc1)c1ccccc1)NNC(=O)c1cccs1. The van der Waals surface area contributed by atoms with Gasteiger partial charge in [-0.25, -0.2) is 0 Å². The molecule has 6 nitrogen and oxygen atoms in total. The van der Waals surface area contributed by atoms with Crippen molar-refractivity contribution in [2.75, 3.05) is 12.4 Å². The predicted octanol–water partition coefficient (Wildman–Crippen LogP) is 3.58. The molecule has 0 spiro atoms. The van der Waals surface area contributed by atoms with E-state index in [1.54, 1.807) is 17.5 Å². The molecule has 0 bridgehead atoms. The highest BCUT2D eigenvalue weighted by atomic mass is 32.2. The number of ether oxygens (including phenoxy) is 1. The molecule has 0 aliphatic rings. The van der Waals surface area contributed by atoms with Gasteiger partial charge in [0.2, 0.25) is 0 Å². The van der Waals surface area contributed by atoms with Gasteiger partial charge in [-0.2, -0.15) is 0 Å². The van der Waals surface area contributed by atoms with E-state index in [2.05, 4.69) is 10.9 Å². The Morgan fingerprint density at radius 3 is 2.07 bits per heavy atom. The number of rotatable bonds is 8. The van der Waals surface area contributed by atoms with Gasteiger partial charge in [0.25, 0.3) is 11.8 Å². The van der Waals surface area contributed by atoms with Crippen LogP contribution in [0, 0.1) is 0 Å². The highest BCUT2D eigenvalue weighted by molar-refractivity contribution is 8.00. The van der Waals surface area contributed by atoms with Crippen LogP contribution in [0.5, 0.6) is 0 Å². The second-order valence-corrected chi connectivity index (χ2v) is 8.19. The minimum Gasteiger partial charge on any atom is -0.455 e. The number of esters is 1. The summed E-state index contributed by atoms with van der Waals surface area (Å²) in [5.74, 6) is -1.45. The summed E-state index contributed by atoms with van der Waals surface area (Å²) in [6.45, 7) is -0.467. The Morgan fingerprint density at radius 1 is 0.867 bits per heavy atom. The summed E-state index contributed by atoms with van der Waals surface area (Å²) >= 11 is 2.68. The van der Waals surface area contributed by atoms with Crippen LogP contribution >= 0.6 is 23.1 Å². The molecular weight excluding hydrogens is 420 g/mol. The Balaban J connectivity index is 1.46. The minimum absolute atomic E-state index is 0.0288. The molecule has 1 heterocycles. The maximum Gasteiger partial charge on any atom is 0.316 e. The number of thioether (sulfide) groups is 1. The molecule has 8 heteroatoms. The van der Waals surface area contributed by atoms with Crippen molar-refractivity contribution in [1.29, 1.82) is 0 Å². The fourth-order valence-corrected chi connectivity index (χ4v) is 4.32. The third-order valence-electron chi connectivity index (χ3n) is 4.00. The van der Waals surface area contributed by atoms with Crippen LogP contribution in [0.3, 0.4) is 0 Å². The van der Waals surface area contributed by atoms with Crippen LogP contribution in [0.15, 0.2) is 78.2 Å². The van der Waals surface area contributed by atoms with Crippen molar-refractivity contribution in [3.8, 4) is 0 Å². The van der Waals surface area contributed by atoms with E-state index in [0.29, 0.717) is 4.88 Å². The van der Waals surface area contributed by atoms with Crippen molar-refractivity contribution >= 4 is 40.9 Å². The lowest BCUT2D eigenvalue weighted by atomic mass is 10.0. The highest BCUT2D eigenvalue weighted by Crippen LogP contribution is 2.35. The predicted molar refractivity (Wildman–Crippen MR) is 118 cm³/mol. The van der Waals surface area contributed by atoms with Crippen molar-refractivity contribution < 1.29 is 19.1 Å². The number of hydrogen-bond donors (Lipinski definition) is 2. The first-order chi connectivity index (χ1) is 14.6. The Labute approximate surface area is 182 Å². The van der Waals surface area contributed by atoms with Crippen molar-refractivity contribution in [3.63, 3.8) is 0 Å². The molecular formula is C22H20N2O4S2. The van der Waals surface area contributed by atoms with E-state index in [1.807, 2.05) is 60.7 Å². The molecule has 0 saturated heterocycles. The van der Waals surface area contributed by atoms with Gasteiger partial charge in [0.1, 0.15) is 0 Å². The number of hydrazine groups is 1. The first-order valence-electron chi connectivity index (χ1n) is 9.13. The minimum atomic E-state index is -0.610. The first kappa shape index (κ1) is 21.6. The Morgan fingerprint density at radius 2 is 1.50 bits per heavy atom. The molecule has 3 aromatic rings. The number of nitrogens with one attached hydrogen (secondary N) is 2. The fourth-order valence-electron chi connectivity index (χ4n) is 2.61. The van der Waals surface area contributed by atoms with Gasteiger partial charge in [-0.1, -0.05) is 66.7 Å². The molecule has 0 unspecified atom stereocenters. The van der Waals surface area contributed by atoms with E-state index in [4.69, 9.17) is 4.74 Å². The van der Waals surface area contributed by atoms with Gasteiger partial charge in [0.05, 0.1) is 15.9 Å². The summed E-state index contributed by atoms with van der Waals surface area (Å²) in [6, 6.07) is 23.1. The van der Waals surface area contributed by atoms with Gasteiger partial charge in [-0.05, 0) is 22.6 Å². The molecule has 0 radical (unpaired) electrons. The molecule has 154 valence electrons. The summed E-state index contributed by atoms with van der Waals surface area (Å²) in [7, 11) is 0. The first-order valence-corrected chi connectivity index (χ1v) is 11.1. The standard InChI is InChI=1S/C22H20N2O4S2/c25-19(23-24-22(27)18-12-7-13-29-18)14-28-20(26)15-30-21(16-8-3-1-4-9-16)17-10-5-2-6-11-17/h1-13,21H,14-15H2,(H,23,25)(H,24,27). The number of thiophene rings is 1. The topological polar surface area (TPSA) is 84.5 Å². The van der Waals surface area contributed by atoms with E-state index >= 15 is 0 Å². The summed E-state index contributed by atoms with van der Waals surface area (Å²) in [4.78, 5) is 36.2. The van der Waals surface area contributed by atoms with E-state index in [-0.39, 0.29) is 11.0 Å². The monoisotopic (exact) mass is 440 g/mol. The number of carbonyl (C=O) groups excluding carboxylic acids is 3. The average molecular weight is 441 g/mol. The van der Waals surface area contributed by atoms with Gasteiger partial charge in [-0.3, -0.25) is 25.2 Å². The maximum atomic E-state index is 12.1. The van der Waals surface area contributed by atoms with Crippen molar-refractivity contribution in [2.45, 2.75) is 5.25 Å². The Kier molecular flexibility index (Phi) is 8.05. The lowest BCUT2D eigenvalue weighted by molar-refractivity contribution is -0.146. The second-order valence-electron chi connectivity index (χ2n) is 6.15. The van der Waals surface area contributed by atoms with E-state index in [9.17, 15) is 14.4 Å². The number of amides is 2. The molecule has 2 aromatic carbocycles. The van der Waals surface area contributed by atoms with Crippen molar-refractivity contribution in [3.05, 3.63) is 94.2 Å². The molecule has 3 rings (SSSR count). The molecule has 0 atom stereocenters. The van der Waals surface area contributed by atoms with Gasteiger partial charge >= 0.3 is 5.97 Å². The molecule has 0 aliphatic carbocycles. The molecule has 30 heavy (non-hydrogen) atoms. The number of carbonyl (C=O) groups is 3. The third kappa shape index (κ3) is 6.47. The molecule has 1 aromatic heterocycles. The molecule has 2 amide bonds. The average Bonchev–Trinajstić information content (AvgIpc) is 3.33. The summed E-state index contributed by atoms with van der Waals surface area (Å²) in [6.07, 6.45) is 0. The Hall–Kier alpha value is -3.10. The van der Waals surface area contributed by atoms with Crippen LogP contribution < -0.4 is 10.9 Å². The van der Waals surface area contributed by atoms with E-state index < -0.39 is 24.4 Å². The fraction of sp³-hybridized carbons (Fsp3) is 0.136. The van der Waals surface area contributed by atoms with Crippen LogP contribution in [0.2, 0.25) is 0 Å². The maximum absolute atomic E-state index is 12.1. The zero-order valence-corrected chi connectivity index (χ0v) is 17.6. The quantitative estimate of drug-likeness (QED) is 0.413. The van der Waals surface area contributed by atoms with Gasteiger partial charge in [-0.15, -0.1) is 23.1 Å². The normalized spacial score (nSPS) is 10.4. The van der Waals surface area contributed by atoms with Crippen LogP contribution in [0.4, 0.5) is 0 Å². The van der Waals surface area contributed by atoms with Crippen molar-refractivity contribution in [1.82, 2.24) is 10.9 Å². The zero-order chi connectivity index (χ0) is 21.2. The third-order valence-corrected chi connectivity index (χ3v) is 6.15.